The monoisotopic (exact) mass is 398 g/mol. The zero-order chi connectivity index (χ0) is 14.9. The van der Waals surface area contributed by atoms with Gasteiger partial charge < -0.3 is 14.2 Å². The Morgan fingerprint density at radius 2 is 1.14 bits per heavy atom. The van der Waals surface area contributed by atoms with Gasteiger partial charge in [0.2, 0.25) is 0 Å². The third kappa shape index (κ3) is 5.83. The van der Waals surface area contributed by atoms with Gasteiger partial charge in [-0.15, -0.1) is 0 Å². The molecular weight excluding hydrogens is 379 g/mol. The summed E-state index contributed by atoms with van der Waals surface area (Å²) >= 11 is 2.28. The molecule has 0 radical (unpaired) electrons. The number of benzene rings is 2. The Balaban J connectivity index is 1.64. The second-order valence-corrected chi connectivity index (χ2v) is 5.65. The van der Waals surface area contributed by atoms with Crippen molar-refractivity contribution in [2.45, 2.75) is 13.3 Å². The van der Waals surface area contributed by atoms with Gasteiger partial charge in [-0.2, -0.15) is 0 Å². The Morgan fingerprint density at radius 1 is 0.714 bits per heavy atom. The number of hydrogen-bond donors (Lipinski definition) is 0. The van der Waals surface area contributed by atoms with E-state index in [1.54, 1.807) is 0 Å². The molecule has 0 N–H and O–H groups in total. The predicted molar refractivity (Wildman–Crippen MR) is 92.4 cm³/mol. The van der Waals surface area contributed by atoms with Gasteiger partial charge in [0.25, 0.3) is 0 Å². The van der Waals surface area contributed by atoms with Gasteiger partial charge in [-0.1, -0.05) is 0 Å². The zero-order valence-electron chi connectivity index (χ0n) is 12.0. The van der Waals surface area contributed by atoms with E-state index in [9.17, 15) is 0 Å². The minimum Gasteiger partial charge on any atom is -0.494 e. The Hall–Kier alpha value is -1.43. The fraction of sp³-hybridized carbons (Fsp3) is 0.294. The maximum atomic E-state index is 5.66. The van der Waals surface area contributed by atoms with E-state index in [4.69, 9.17) is 14.2 Å². The molecule has 4 heteroatoms. The summed E-state index contributed by atoms with van der Waals surface area (Å²) in [7, 11) is 0. The largest absolute Gasteiger partial charge is 0.494 e. The number of rotatable bonds is 8. The lowest BCUT2D eigenvalue weighted by atomic mass is 10.3. The van der Waals surface area contributed by atoms with Gasteiger partial charge in [-0.25, -0.2) is 0 Å². The van der Waals surface area contributed by atoms with Crippen LogP contribution in [0.1, 0.15) is 13.3 Å². The lowest BCUT2D eigenvalue weighted by Gasteiger charge is -2.09. The van der Waals surface area contributed by atoms with Gasteiger partial charge in [0.15, 0.2) is 0 Å². The van der Waals surface area contributed by atoms with Gasteiger partial charge in [0.05, 0.1) is 19.8 Å². The molecule has 0 saturated carbocycles. The van der Waals surface area contributed by atoms with Crippen LogP contribution in [0.4, 0.5) is 0 Å². The van der Waals surface area contributed by atoms with Crippen molar-refractivity contribution in [1.82, 2.24) is 0 Å². The third-order valence-electron chi connectivity index (χ3n) is 2.77. The Kier molecular flexibility index (Phi) is 6.66. The maximum absolute atomic E-state index is 5.66. The highest BCUT2D eigenvalue weighted by Gasteiger charge is 1.97. The van der Waals surface area contributed by atoms with Crippen LogP contribution in [-0.2, 0) is 0 Å². The molecule has 0 saturated heterocycles. The molecular formula is C17H19IO3. The molecule has 2 rings (SSSR count). The van der Waals surface area contributed by atoms with Crippen LogP contribution < -0.4 is 14.2 Å². The first-order valence-corrected chi connectivity index (χ1v) is 8.10. The average Bonchev–Trinajstić information content (AvgIpc) is 2.51. The van der Waals surface area contributed by atoms with E-state index in [2.05, 4.69) is 22.6 Å². The molecule has 0 heterocycles. The lowest BCUT2D eigenvalue weighted by molar-refractivity contribution is 0.247. The van der Waals surface area contributed by atoms with Crippen molar-refractivity contribution in [2.75, 3.05) is 19.8 Å². The number of halogens is 1. The van der Waals surface area contributed by atoms with E-state index in [0.29, 0.717) is 19.8 Å². The summed E-state index contributed by atoms with van der Waals surface area (Å²) in [5.74, 6) is 2.62. The van der Waals surface area contributed by atoms with Crippen LogP contribution in [0.25, 0.3) is 0 Å². The highest BCUT2D eigenvalue weighted by atomic mass is 127. The maximum Gasteiger partial charge on any atom is 0.119 e. The highest BCUT2D eigenvalue weighted by Crippen LogP contribution is 2.18. The SMILES string of the molecule is CCOc1ccc(OCCCOc2ccc(I)cc2)cc1. The van der Waals surface area contributed by atoms with Crippen LogP contribution in [0, 0.1) is 3.57 Å². The summed E-state index contributed by atoms with van der Waals surface area (Å²) in [5, 5.41) is 0. The molecule has 0 aliphatic rings. The molecule has 112 valence electrons. The molecule has 0 spiro atoms. The molecule has 0 aliphatic carbocycles. The van der Waals surface area contributed by atoms with Crippen LogP contribution in [0.5, 0.6) is 17.2 Å². The van der Waals surface area contributed by atoms with E-state index >= 15 is 0 Å². The van der Waals surface area contributed by atoms with E-state index in [0.717, 1.165) is 23.7 Å². The van der Waals surface area contributed by atoms with Crippen molar-refractivity contribution in [3.8, 4) is 17.2 Å². The minimum absolute atomic E-state index is 0.637. The summed E-state index contributed by atoms with van der Waals surface area (Å²) in [5.41, 5.74) is 0. The van der Waals surface area contributed by atoms with Crippen molar-refractivity contribution in [3.05, 3.63) is 52.1 Å². The predicted octanol–water partition coefficient (Wildman–Crippen LogP) is 4.54. The molecule has 0 aromatic heterocycles. The molecule has 0 atom stereocenters. The third-order valence-corrected chi connectivity index (χ3v) is 3.49. The van der Waals surface area contributed by atoms with Gasteiger partial charge in [0.1, 0.15) is 17.2 Å². The molecule has 0 unspecified atom stereocenters. The fourth-order valence-corrected chi connectivity index (χ4v) is 2.13. The van der Waals surface area contributed by atoms with E-state index < -0.39 is 0 Å². The van der Waals surface area contributed by atoms with Crippen LogP contribution >= 0.6 is 22.6 Å². The molecule has 0 amide bonds. The first-order valence-electron chi connectivity index (χ1n) is 7.02. The minimum atomic E-state index is 0.637. The van der Waals surface area contributed by atoms with Gasteiger partial charge in [-0.3, -0.25) is 0 Å². The molecule has 2 aromatic carbocycles. The highest BCUT2D eigenvalue weighted by molar-refractivity contribution is 14.1. The summed E-state index contributed by atoms with van der Waals surface area (Å²) in [6.07, 6.45) is 0.846. The summed E-state index contributed by atoms with van der Waals surface area (Å²) in [6, 6.07) is 15.7. The second-order valence-electron chi connectivity index (χ2n) is 4.41. The summed E-state index contributed by atoms with van der Waals surface area (Å²) < 4.78 is 17.9. The van der Waals surface area contributed by atoms with E-state index in [-0.39, 0.29) is 0 Å². The van der Waals surface area contributed by atoms with Crippen LogP contribution in [0.3, 0.4) is 0 Å². The molecule has 0 bridgehead atoms. The van der Waals surface area contributed by atoms with Crippen molar-refractivity contribution in [1.29, 1.82) is 0 Å². The fourth-order valence-electron chi connectivity index (χ4n) is 1.77. The molecule has 3 nitrogen and oxygen atoms in total. The normalized spacial score (nSPS) is 10.2. The van der Waals surface area contributed by atoms with Crippen molar-refractivity contribution >= 4 is 22.6 Å². The van der Waals surface area contributed by atoms with Crippen molar-refractivity contribution in [2.24, 2.45) is 0 Å². The second kappa shape index (κ2) is 8.77. The topological polar surface area (TPSA) is 27.7 Å². The Labute approximate surface area is 139 Å². The van der Waals surface area contributed by atoms with Gasteiger partial charge >= 0.3 is 0 Å². The van der Waals surface area contributed by atoms with E-state index in [1.165, 1.54) is 3.57 Å². The Morgan fingerprint density at radius 3 is 1.62 bits per heavy atom. The molecule has 2 aromatic rings. The molecule has 0 fully saturated rings. The van der Waals surface area contributed by atoms with E-state index in [1.807, 2.05) is 55.5 Å². The summed E-state index contributed by atoms with van der Waals surface area (Å²) in [4.78, 5) is 0. The number of hydrogen-bond acceptors (Lipinski definition) is 3. The van der Waals surface area contributed by atoms with Crippen LogP contribution in [0.2, 0.25) is 0 Å². The average molecular weight is 398 g/mol. The summed E-state index contributed by atoms with van der Waals surface area (Å²) in [6.45, 7) is 3.93. The lowest BCUT2D eigenvalue weighted by Crippen LogP contribution is -2.05. The van der Waals surface area contributed by atoms with Crippen molar-refractivity contribution in [3.63, 3.8) is 0 Å². The smallest absolute Gasteiger partial charge is 0.119 e. The first kappa shape index (κ1) is 15.9. The van der Waals surface area contributed by atoms with Gasteiger partial charge in [0, 0.05) is 9.99 Å². The first-order chi connectivity index (χ1) is 10.3. The van der Waals surface area contributed by atoms with Crippen molar-refractivity contribution < 1.29 is 14.2 Å². The zero-order valence-corrected chi connectivity index (χ0v) is 14.2. The number of ether oxygens (including phenoxy) is 3. The van der Waals surface area contributed by atoms with Crippen LogP contribution in [0.15, 0.2) is 48.5 Å². The standard InChI is InChI=1S/C17H19IO3/c1-2-19-15-8-10-17(11-9-15)21-13-3-12-20-16-6-4-14(18)5-7-16/h4-11H,2-3,12-13H2,1H3. The quantitative estimate of drug-likeness (QED) is 0.483. The molecule has 0 aliphatic heterocycles. The van der Waals surface area contributed by atoms with Gasteiger partial charge in [-0.05, 0) is 78.0 Å². The van der Waals surface area contributed by atoms with Crippen LogP contribution in [-0.4, -0.2) is 19.8 Å². The molecule has 21 heavy (non-hydrogen) atoms. The Bertz CT molecular complexity index is 523.